The van der Waals surface area contributed by atoms with Crippen molar-refractivity contribution >= 4 is 37.2 Å². The number of alkyl carbamates (subject to hydrolysis) is 1. The molecule has 0 aromatic heterocycles. The Bertz CT molecular complexity index is 994. The number of benzene rings is 1. The third-order valence-corrected chi connectivity index (χ3v) is 7.99. The van der Waals surface area contributed by atoms with Gasteiger partial charge in [0.1, 0.15) is 11.6 Å². The van der Waals surface area contributed by atoms with Crippen LogP contribution in [0.1, 0.15) is 88.1 Å². The summed E-state index contributed by atoms with van der Waals surface area (Å²) in [4.78, 5) is 24.9. The monoisotopic (exact) mass is 545 g/mol. The number of esters is 1. The van der Waals surface area contributed by atoms with Gasteiger partial charge in [0.15, 0.2) is 0 Å². The largest absolute Gasteiger partial charge is 0.494 e. The fourth-order valence-electron chi connectivity index (χ4n) is 4.27. The lowest BCUT2D eigenvalue weighted by Gasteiger charge is -2.32. The Hall–Kier alpha value is -2.07. The molecule has 39 heavy (non-hydrogen) atoms. The van der Waals surface area contributed by atoms with Crippen LogP contribution in [-0.4, -0.2) is 67.5 Å². The van der Waals surface area contributed by atoms with Gasteiger partial charge in [-0.2, -0.15) is 0 Å². The van der Waals surface area contributed by atoms with E-state index in [1.54, 1.807) is 20.8 Å². The first kappa shape index (κ1) is 31.5. The summed E-state index contributed by atoms with van der Waals surface area (Å²) in [5, 5.41) is 2.64. The summed E-state index contributed by atoms with van der Waals surface area (Å²) in [6, 6.07) is 5.10. The first-order valence-corrected chi connectivity index (χ1v) is 13.6. The van der Waals surface area contributed by atoms with Crippen LogP contribution in [0, 0.1) is 0 Å². The molecule has 1 aromatic carbocycles. The second kappa shape index (κ2) is 10.7. The number of carbonyl (C=O) groups is 2. The van der Waals surface area contributed by atoms with Crippen molar-refractivity contribution in [2.45, 2.75) is 123 Å². The molecule has 0 spiro atoms. The summed E-state index contributed by atoms with van der Waals surface area (Å²) in [6.45, 7) is 21.4. The van der Waals surface area contributed by atoms with Crippen molar-refractivity contribution < 1.29 is 37.7 Å². The first-order valence-electron chi connectivity index (χ1n) is 13.6. The van der Waals surface area contributed by atoms with Crippen LogP contribution in [0.5, 0.6) is 0 Å². The molecule has 1 aromatic rings. The first-order chi connectivity index (χ1) is 17.7. The normalized spacial score (nSPS) is 21.9. The Balaban J connectivity index is 1.91. The van der Waals surface area contributed by atoms with Crippen molar-refractivity contribution in [3.05, 3.63) is 23.8 Å². The predicted octanol–water partition coefficient (Wildman–Crippen LogP) is 3.28. The van der Waals surface area contributed by atoms with Crippen LogP contribution in [0.3, 0.4) is 0 Å². The van der Waals surface area contributed by atoms with Crippen molar-refractivity contribution in [2.24, 2.45) is 0 Å². The van der Waals surface area contributed by atoms with Gasteiger partial charge in [-0.1, -0.05) is 18.2 Å². The number of hydrogen-bond acceptors (Lipinski definition) is 8. The summed E-state index contributed by atoms with van der Waals surface area (Å²) < 4.78 is 35.6. The van der Waals surface area contributed by atoms with Gasteiger partial charge in [0, 0.05) is 0 Å². The van der Waals surface area contributed by atoms with E-state index in [0.717, 1.165) is 16.5 Å². The van der Waals surface area contributed by atoms with Crippen LogP contribution >= 0.6 is 0 Å². The molecular weight excluding hydrogens is 500 g/mol. The van der Waals surface area contributed by atoms with E-state index >= 15 is 0 Å². The van der Waals surface area contributed by atoms with Gasteiger partial charge in [-0.05, 0) is 105 Å². The molecule has 1 unspecified atom stereocenters. The average Bonchev–Trinajstić information content (AvgIpc) is 3.14. The summed E-state index contributed by atoms with van der Waals surface area (Å²) in [6.07, 6.45) is 0.0681. The molecule has 2 fully saturated rings. The van der Waals surface area contributed by atoms with E-state index in [0.29, 0.717) is 12.8 Å². The minimum Gasteiger partial charge on any atom is -0.467 e. The molecule has 1 N–H and O–H groups in total. The molecule has 2 aliphatic heterocycles. The van der Waals surface area contributed by atoms with Crippen LogP contribution in [0.25, 0.3) is 0 Å². The minimum absolute atomic E-state index is 0.293. The lowest BCUT2D eigenvalue weighted by atomic mass is 9.70. The zero-order valence-electron chi connectivity index (χ0n) is 25.6. The molecule has 2 heterocycles. The van der Waals surface area contributed by atoms with E-state index in [1.165, 1.54) is 7.11 Å². The van der Waals surface area contributed by atoms with Gasteiger partial charge in [-0.3, -0.25) is 0 Å². The molecular formula is C28H45B2NO8. The highest BCUT2D eigenvalue weighted by Crippen LogP contribution is 2.38. The molecule has 1 atom stereocenters. The van der Waals surface area contributed by atoms with Crippen molar-refractivity contribution in [3.8, 4) is 0 Å². The van der Waals surface area contributed by atoms with Gasteiger partial charge in [0.25, 0.3) is 0 Å². The van der Waals surface area contributed by atoms with Crippen LogP contribution < -0.4 is 16.2 Å². The molecule has 216 valence electrons. The molecule has 11 heteroatoms. The van der Waals surface area contributed by atoms with Gasteiger partial charge in [0.05, 0.1) is 29.5 Å². The van der Waals surface area contributed by atoms with E-state index in [2.05, 4.69) is 5.32 Å². The van der Waals surface area contributed by atoms with E-state index in [9.17, 15) is 9.59 Å². The highest BCUT2D eigenvalue weighted by molar-refractivity contribution is 6.66. The van der Waals surface area contributed by atoms with Crippen molar-refractivity contribution in [1.82, 2.24) is 5.32 Å². The average molecular weight is 545 g/mol. The van der Waals surface area contributed by atoms with Crippen molar-refractivity contribution in [2.75, 3.05) is 7.11 Å². The maximum Gasteiger partial charge on any atom is 0.494 e. The maximum absolute atomic E-state index is 12.5. The minimum atomic E-state index is -0.884. The zero-order valence-corrected chi connectivity index (χ0v) is 25.6. The molecule has 1 amide bonds. The lowest BCUT2D eigenvalue weighted by molar-refractivity contribution is -0.143. The molecule has 2 aliphatic rings. The SMILES string of the molecule is COC(=O)C(CCc1cc(B2OC(C)(C)C(C)(C)O2)cc(B2OC(C)(C)C(C)(C)O2)c1)NC(=O)OC(C)(C)C. The highest BCUT2D eigenvalue weighted by Gasteiger charge is 2.54. The van der Waals surface area contributed by atoms with Crippen molar-refractivity contribution in [3.63, 3.8) is 0 Å². The Morgan fingerprint density at radius 3 is 1.59 bits per heavy atom. The second-order valence-corrected chi connectivity index (χ2v) is 13.4. The second-order valence-electron chi connectivity index (χ2n) is 13.4. The predicted molar refractivity (Wildman–Crippen MR) is 151 cm³/mol. The summed E-state index contributed by atoms with van der Waals surface area (Å²) in [5.41, 5.74) is -0.170. The molecule has 9 nitrogen and oxygen atoms in total. The molecule has 0 aliphatic carbocycles. The van der Waals surface area contributed by atoms with E-state index in [4.69, 9.17) is 28.1 Å². The van der Waals surface area contributed by atoms with Crippen molar-refractivity contribution in [1.29, 1.82) is 0 Å². The molecule has 0 bridgehead atoms. The molecule has 0 saturated carbocycles. The van der Waals surface area contributed by atoms with Gasteiger partial charge < -0.3 is 33.4 Å². The zero-order chi connectivity index (χ0) is 29.6. The Morgan fingerprint density at radius 1 is 0.821 bits per heavy atom. The molecule has 2 saturated heterocycles. The number of carbonyl (C=O) groups excluding carboxylic acids is 2. The number of rotatable bonds is 7. The van der Waals surface area contributed by atoms with Gasteiger partial charge >= 0.3 is 26.3 Å². The number of aryl methyl sites for hydroxylation is 1. The fourth-order valence-corrected chi connectivity index (χ4v) is 4.27. The highest BCUT2D eigenvalue weighted by atomic mass is 16.7. The standard InChI is InChI=1S/C28H45B2NO8/c1-24(2,3)35-23(33)31-21(22(32)34-12)14-13-18-15-19(29-36-25(4,5)26(6,7)37-29)17-20(16-18)30-38-27(8,9)28(10,11)39-30/h15-17,21H,13-14H2,1-12H3,(H,31,33). The van der Waals surface area contributed by atoms with Crippen LogP contribution in [0.2, 0.25) is 0 Å². The maximum atomic E-state index is 12.5. The summed E-state index contributed by atoms with van der Waals surface area (Å²) in [7, 11) is 0.112. The number of ether oxygens (including phenoxy) is 2. The van der Waals surface area contributed by atoms with E-state index < -0.39 is 60.3 Å². The van der Waals surface area contributed by atoms with E-state index in [1.807, 2.05) is 73.6 Å². The van der Waals surface area contributed by atoms with Crippen LogP contribution in [0.15, 0.2) is 18.2 Å². The smallest absolute Gasteiger partial charge is 0.467 e. The molecule has 3 rings (SSSR count). The number of hydrogen-bond donors (Lipinski definition) is 1. The number of nitrogens with one attached hydrogen (secondary N) is 1. The van der Waals surface area contributed by atoms with Crippen LogP contribution in [-0.2, 0) is 39.3 Å². The third kappa shape index (κ3) is 7.17. The van der Waals surface area contributed by atoms with Gasteiger partial charge in [-0.15, -0.1) is 0 Å². The third-order valence-electron chi connectivity index (χ3n) is 7.99. The fraction of sp³-hybridized carbons (Fsp3) is 0.714. The summed E-state index contributed by atoms with van der Waals surface area (Å²) in [5.74, 6) is -0.547. The van der Waals surface area contributed by atoms with Gasteiger partial charge in [0.2, 0.25) is 0 Å². The summed E-state index contributed by atoms with van der Waals surface area (Å²) >= 11 is 0. The quantitative estimate of drug-likeness (QED) is 0.412. The number of amides is 1. The van der Waals surface area contributed by atoms with Gasteiger partial charge in [-0.25, -0.2) is 9.59 Å². The van der Waals surface area contributed by atoms with Crippen LogP contribution in [0.4, 0.5) is 4.79 Å². The molecule has 0 radical (unpaired) electrons. The van der Waals surface area contributed by atoms with E-state index in [-0.39, 0.29) is 0 Å². The Morgan fingerprint density at radius 2 is 1.23 bits per heavy atom. The Kier molecular flexibility index (Phi) is 8.65. The topological polar surface area (TPSA) is 102 Å². The number of methoxy groups -OCH3 is 1. The lowest BCUT2D eigenvalue weighted by Crippen LogP contribution is -2.44. The Labute approximate surface area is 234 Å².